The number of benzene rings is 1. The molecule has 0 radical (unpaired) electrons. The molecule has 0 unspecified atom stereocenters. The Morgan fingerprint density at radius 2 is 2.29 bits per heavy atom. The maximum Gasteiger partial charge on any atom is 0.270 e. The first kappa shape index (κ1) is 13.1. The van der Waals surface area contributed by atoms with E-state index >= 15 is 0 Å². The number of hydrogen-bond acceptors (Lipinski definition) is 8. The van der Waals surface area contributed by atoms with Gasteiger partial charge in [0.15, 0.2) is 5.82 Å². The van der Waals surface area contributed by atoms with Gasteiger partial charge in [0.1, 0.15) is 17.0 Å². The predicted molar refractivity (Wildman–Crippen MR) is 75.5 cm³/mol. The van der Waals surface area contributed by atoms with Gasteiger partial charge in [-0.1, -0.05) is 16.6 Å². The van der Waals surface area contributed by atoms with Crippen LogP contribution in [-0.2, 0) is 6.54 Å². The standard InChI is InChI=1S/C11H9N7O2S/c12-10-9(14-16-21-10)5-17-6-13-11(15-17)7-2-1-3-8(4-7)18(19)20/h1-4,6H,5,12H2. The van der Waals surface area contributed by atoms with Gasteiger partial charge in [0.05, 0.1) is 11.5 Å². The van der Waals surface area contributed by atoms with Crippen molar-refractivity contribution in [2.45, 2.75) is 6.54 Å². The summed E-state index contributed by atoms with van der Waals surface area (Å²) in [5, 5.41) is 19.5. The number of non-ortho nitro benzene ring substituents is 1. The zero-order valence-corrected chi connectivity index (χ0v) is 11.4. The second-order valence-electron chi connectivity index (χ2n) is 4.16. The van der Waals surface area contributed by atoms with E-state index in [0.29, 0.717) is 28.6 Å². The summed E-state index contributed by atoms with van der Waals surface area (Å²) in [4.78, 5) is 14.5. The number of rotatable bonds is 4. The number of anilines is 1. The molecule has 21 heavy (non-hydrogen) atoms. The van der Waals surface area contributed by atoms with Crippen LogP contribution in [0.2, 0.25) is 0 Å². The lowest BCUT2D eigenvalue weighted by Crippen LogP contribution is -2.03. The Labute approximate surface area is 122 Å². The molecule has 0 fully saturated rings. The van der Waals surface area contributed by atoms with Gasteiger partial charge >= 0.3 is 0 Å². The molecule has 2 aromatic heterocycles. The Bertz CT molecular complexity index is 797. The highest BCUT2D eigenvalue weighted by molar-refractivity contribution is 7.09. The highest BCUT2D eigenvalue weighted by atomic mass is 32.1. The van der Waals surface area contributed by atoms with Crippen LogP contribution < -0.4 is 5.73 Å². The maximum atomic E-state index is 10.8. The minimum atomic E-state index is -0.456. The molecular formula is C11H9N7O2S. The number of hydrogen-bond donors (Lipinski definition) is 1. The van der Waals surface area contributed by atoms with Crippen molar-refractivity contribution in [3.8, 4) is 11.4 Å². The van der Waals surface area contributed by atoms with Gasteiger partial charge in [0.2, 0.25) is 0 Å². The second kappa shape index (κ2) is 5.25. The van der Waals surface area contributed by atoms with Gasteiger partial charge in [-0.2, -0.15) is 5.10 Å². The van der Waals surface area contributed by atoms with Gasteiger partial charge in [-0.25, -0.2) is 9.67 Å². The van der Waals surface area contributed by atoms with Crippen molar-refractivity contribution in [3.63, 3.8) is 0 Å². The Morgan fingerprint density at radius 3 is 3.00 bits per heavy atom. The molecule has 0 bridgehead atoms. The summed E-state index contributed by atoms with van der Waals surface area (Å²) in [5.74, 6) is 0.403. The number of nitrogens with zero attached hydrogens (tertiary/aromatic N) is 6. The van der Waals surface area contributed by atoms with E-state index in [0.717, 1.165) is 11.5 Å². The predicted octanol–water partition coefficient (Wildman–Crippen LogP) is 1.34. The van der Waals surface area contributed by atoms with Crippen LogP contribution in [0.4, 0.5) is 10.7 Å². The quantitative estimate of drug-likeness (QED) is 0.569. The summed E-state index contributed by atoms with van der Waals surface area (Å²) >= 11 is 1.11. The van der Waals surface area contributed by atoms with Gasteiger partial charge in [-0.15, -0.1) is 5.10 Å². The minimum Gasteiger partial charge on any atom is -0.388 e. The van der Waals surface area contributed by atoms with Crippen LogP contribution in [0.3, 0.4) is 0 Å². The third-order valence-corrected chi connectivity index (χ3v) is 3.34. The maximum absolute atomic E-state index is 10.8. The van der Waals surface area contributed by atoms with Crippen LogP contribution in [0, 0.1) is 10.1 Å². The average molecular weight is 303 g/mol. The van der Waals surface area contributed by atoms with Crippen molar-refractivity contribution >= 4 is 22.2 Å². The van der Waals surface area contributed by atoms with Gasteiger partial charge < -0.3 is 5.73 Å². The molecule has 0 saturated carbocycles. The molecule has 0 atom stereocenters. The lowest BCUT2D eigenvalue weighted by Gasteiger charge is -1.97. The van der Waals surface area contributed by atoms with Crippen molar-refractivity contribution < 1.29 is 4.92 Å². The molecule has 106 valence electrons. The number of aromatic nitrogens is 5. The number of nitro groups is 1. The summed E-state index contributed by atoms with van der Waals surface area (Å²) in [6, 6.07) is 6.16. The molecule has 0 aliphatic carbocycles. The van der Waals surface area contributed by atoms with E-state index in [1.54, 1.807) is 16.8 Å². The van der Waals surface area contributed by atoms with E-state index in [1.165, 1.54) is 18.5 Å². The summed E-state index contributed by atoms with van der Waals surface area (Å²) in [5.41, 5.74) is 6.91. The van der Waals surface area contributed by atoms with Crippen molar-refractivity contribution in [3.05, 3.63) is 46.4 Å². The summed E-state index contributed by atoms with van der Waals surface area (Å²) < 4.78 is 5.30. The fourth-order valence-corrected chi connectivity index (χ4v) is 2.18. The van der Waals surface area contributed by atoms with Gasteiger partial charge in [-0.05, 0) is 0 Å². The first-order valence-corrected chi connectivity index (χ1v) is 6.62. The summed E-state index contributed by atoms with van der Waals surface area (Å²) in [7, 11) is 0. The van der Waals surface area contributed by atoms with Gasteiger partial charge in [-0.3, -0.25) is 10.1 Å². The Balaban J connectivity index is 1.86. The molecule has 2 heterocycles. The zero-order valence-electron chi connectivity index (χ0n) is 10.6. The van der Waals surface area contributed by atoms with Crippen molar-refractivity contribution in [2.24, 2.45) is 0 Å². The highest BCUT2D eigenvalue weighted by Crippen LogP contribution is 2.21. The van der Waals surface area contributed by atoms with Crippen molar-refractivity contribution in [1.82, 2.24) is 24.4 Å². The Morgan fingerprint density at radius 1 is 1.43 bits per heavy atom. The number of nitrogen functional groups attached to an aromatic ring is 1. The molecule has 3 aromatic rings. The molecular weight excluding hydrogens is 294 g/mol. The minimum absolute atomic E-state index is 0.00297. The monoisotopic (exact) mass is 303 g/mol. The summed E-state index contributed by atoms with van der Waals surface area (Å²) in [6.07, 6.45) is 1.52. The van der Waals surface area contributed by atoms with Crippen LogP contribution in [0.5, 0.6) is 0 Å². The topological polar surface area (TPSA) is 126 Å². The molecule has 0 aliphatic rings. The number of nitrogens with two attached hydrogens (primary N) is 1. The third-order valence-electron chi connectivity index (χ3n) is 2.75. The normalized spacial score (nSPS) is 10.7. The fourth-order valence-electron chi connectivity index (χ4n) is 1.74. The highest BCUT2D eigenvalue weighted by Gasteiger charge is 2.11. The van der Waals surface area contributed by atoms with E-state index in [4.69, 9.17) is 5.73 Å². The molecule has 10 heteroatoms. The Hall–Kier alpha value is -2.88. The van der Waals surface area contributed by atoms with Crippen LogP contribution in [-0.4, -0.2) is 29.3 Å². The van der Waals surface area contributed by atoms with Crippen LogP contribution in [0.15, 0.2) is 30.6 Å². The molecule has 0 saturated heterocycles. The van der Waals surface area contributed by atoms with Crippen LogP contribution in [0.1, 0.15) is 5.69 Å². The van der Waals surface area contributed by atoms with Crippen molar-refractivity contribution in [2.75, 3.05) is 5.73 Å². The fraction of sp³-hybridized carbons (Fsp3) is 0.0909. The first-order valence-electron chi connectivity index (χ1n) is 5.84. The van der Waals surface area contributed by atoms with E-state index in [1.807, 2.05) is 0 Å². The number of nitro benzene ring substituents is 1. The molecule has 1 aromatic carbocycles. The van der Waals surface area contributed by atoms with E-state index in [2.05, 4.69) is 19.7 Å². The lowest BCUT2D eigenvalue weighted by atomic mass is 10.2. The molecule has 0 spiro atoms. The molecule has 3 rings (SSSR count). The third kappa shape index (κ3) is 2.69. The second-order valence-corrected chi connectivity index (χ2v) is 4.94. The van der Waals surface area contributed by atoms with Crippen LogP contribution >= 0.6 is 11.5 Å². The SMILES string of the molecule is Nc1snnc1Cn1cnc(-c2cccc([N+](=O)[O-])c2)n1. The van der Waals surface area contributed by atoms with Gasteiger partial charge in [0, 0.05) is 29.2 Å². The first-order chi connectivity index (χ1) is 10.1. The summed E-state index contributed by atoms with van der Waals surface area (Å²) in [6.45, 7) is 0.351. The van der Waals surface area contributed by atoms with Gasteiger partial charge in [0.25, 0.3) is 5.69 Å². The molecule has 0 amide bonds. The molecule has 2 N–H and O–H groups in total. The van der Waals surface area contributed by atoms with Crippen LogP contribution in [0.25, 0.3) is 11.4 Å². The van der Waals surface area contributed by atoms with E-state index in [9.17, 15) is 10.1 Å². The Kier molecular flexibility index (Phi) is 3.28. The largest absolute Gasteiger partial charge is 0.388 e. The lowest BCUT2D eigenvalue weighted by molar-refractivity contribution is -0.384. The van der Waals surface area contributed by atoms with E-state index in [-0.39, 0.29) is 5.69 Å². The molecule has 9 nitrogen and oxygen atoms in total. The van der Waals surface area contributed by atoms with E-state index < -0.39 is 4.92 Å². The zero-order chi connectivity index (χ0) is 14.8. The average Bonchev–Trinajstić information content (AvgIpc) is 3.10. The smallest absolute Gasteiger partial charge is 0.270 e. The molecule has 0 aliphatic heterocycles. The van der Waals surface area contributed by atoms with Crippen molar-refractivity contribution in [1.29, 1.82) is 0 Å².